The van der Waals surface area contributed by atoms with Crippen LogP contribution in [0, 0.1) is 0 Å². The van der Waals surface area contributed by atoms with Gasteiger partial charge in [0, 0.05) is 50.1 Å². The first-order chi connectivity index (χ1) is 12.2. The number of halogens is 1. The van der Waals surface area contributed by atoms with Crippen LogP contribution in [0.1, 0.15) is 55.3 Å². The Morgan fingerprint density at radius 3 is 2.65 bits per heavy atom. The standard InChI is InChI=1S/C18H31N5OS.HI/c1-3-15-13-22-17(25-15)10-12-21-18(19-2)20-11-9-16(24)23-14-7-5-4-6-8-14;/h13-14H,3-12H2,1-2H3,(H,23,24)(H2,19,20,21);1H. The maximum Gasteiger partial charge on any atom is 0.221 e. The summed E-state index contributed by atoms with van der Waals surface area (Å²) in [5.74, 6) is 0.863. The second-order valence-electron chi connectivity index (χ2n) is 6.40. The Morgan fingerprint density at radius 1 is 1.27 bits per heavy atom. The van der Waals surface area contributed by atoms with E-state index in [2.05, 4.69) is 32.9 Å². The highest BCUT2D eigenvalue weighted by Crippen LogP contribution is 2.17. The first kappa shape index (κ1) is 23.1. The fraction of sp³-hybridized carbons (Fsp3) is 0.722. The van der Waals surface area contributed by atoms with E-state index in [1.165, 1.54) is 24.1 Å². The summed E-state index contributed by atoms with van der Waals surface area (Å²) in [6.45, 7) is 3.52. The van der Waals surface area contributed by atoms with Gasteiger partial charge in [-0.25, -0.2) is 4.98 Å². The van der Waals surface area contributed by atoms with E-state index < -0.39 is 0 Å². The highest BCUT2D eigenvalue weighted by atomic mass is 127. The third kappa shape index (κ3) is 8.66. The van der Waals surface area contributed by atoms with Crippen LogP contribution in [-0.2, 0) is 17.6 Å². The third-order valence-electron chi connectivity index (χ3n) is 4.42. The molecule has 0 radical (unpaired) electrons. The van der Waals surface area contributed by atoms with Crippen LogP contribution >= 0.6 is 35.3 Å². The highest BCUT2D eigenvalue weighted by molar-refractivity contribution is 14.0. The van der Waals surface area contributed by atoms with Gasteiger partial charge in [0.25, 0.3) is 0 Å². The molecule has 0 spiro atoms. The minimum Gasteiger partial charge on any atom is -0.356 e. The molecule has 2 rings (SSSR count). The third-order valence-corrected chi connectivity index (χ3v) is 5.62. The van der Waals surface area contributed by atoms with Gasteiger partial charge in [0.2, 0.25) is 5.91 Å². The van der Waals surface area contributed by atoms with E-state index in [1.54, 1.807) is 18.4 Å². The number of guanidine groups is 1. The summed E-state index contributed by atoms with van der Waals surface area (Å²) in [4.78, 5) is 21.9. The number of aryl methyl sites for hydroxylation is 1. The number of hydrogen-bond donors (Lipinski definition) is 3. The lowest BCUT2D eigenvalue weighted by atomic mass is 9.95. The van der Waals surface area contributed by atoms with Gasteiger partial charge >= 0.3 is 0 Å². The SMILES string of the molecule is CCc1cnc(CCNC(=NC)NCCC(=O)NC2CCCCC2)s1.I. The van der Waals surface area contributed by atoms with Crippen molar-refractivity contribution in [2.45, 2.75) is 64.3 Å². The summed E-state index contributed by atoms with van der Waals surface area (Å²) in [7, 11) is 1.75. The fourth-order valence-corrected chi connectivity index (χ4v) is 3.84. The molecule has 1 aromatic heterocycles. The number of nitrogens with one attached hydrogen (secondary N) is 3. The average Bonchev–Trinajstić information content (AvgIpc) is 3.09. The van der Waals surface area contributed by atoms with E-state index >= 15 is 0 Å². The molecule has 3 N–H and O–H groups in total. The molecule has 1 aliphatic carbocycles. The molecule has 0 atom stereocenters. The Labute approximate surface area is 178 Å². The van der Waals surface area contributed by atoms with Gasteiger partial charge in [-0.05, 0) is 19.3 Å². The van der Waals surface area contributed by atoms with E-state index in [-0.39, 0.29) is 29.9 Å². The second kappa shape index (κ2) is 13.3. The number of carbonyl (C=O) groups excluding carboxylic acids is 1. The zero-order chi connectivity index (χ0) is 17.9. The van der Waals surface area contributed by atoms with Crippen LogP contribution in [0.4, 0.5) is 0 Å². The quantitative estimate of drug-likeness (QED) is 0.296. The number of rotatable bonds is 8. The van der Waals surface area contributed by atoms with Gasteiger partial charge in [-0.1, -0.05) is 26.2 Å². The number of thiazole rings is 1. The van der Waals surface area contributed by atoms with Crippen LogP contribution in [0.15, 0.2) is 11.2 Å². The van der Waals surface area contributed by atoms with Crippen molar-refractivity contribution >= 4 is 47.2 Å². The fourth-order valence-electron chi connectivity index (χ4n) is 2.98. The molecule has 0 aromatic carbocycles. The van der Waals surface area contributed by atoms with Crippen molar-refractivity contribution in [3.63, 3.8) is 0 Å². The van der Waals surface area contributed by atoms with Crippen LogP contribution < -0.4 is 16.0 Å². The average molecular weight is 493 g/mol. The zero-order valence-electron chi connectivity index (χ0n) is 15.8. The van der Waals surface area contributed by atoms with E-state index in [1.807, 2.05) is 6.20 Å². The summed E-state index contributed by atoms with van der Waals surface area (Å²) in [6.07, 6.45) is 10.4. The Balaban J connectivity index is 0.00000338. The van der Waals surface area contributed by atoms with Gasteiger partial charge in [0.15, 0.2) is 5.96 Å². The predicted molar refractivity (Wildman–Crippen MR) is 120 cm³/mol. The van der Waals surface area contributed by atoms with Crippen LogP contribution in [0.25, 0.3) is 0 Å². The Morgan fingerprint density at radius 2 is 2.00 bits per heavy atom. The lowest BCUT2D eigenvalue weighted by Crippen LogP contribution is -2.41. The van der Waals surface area contributed by atoms with Crippen molar-refractivity contribution in [2.75, 3.05) is 20.1 Å². The van der Waals surface area contributed by atoms with Gasteiger partial charge in [-0.15, -0.1) is 35.3 Å². The minimum atomic E-state index is 0. The molecule has 1 fully saturated rings. The van der Waals surface area contributed by atoms with E-state index in [0.717, 1.165) is 43.2 Å². The summed E-state index contributed by atoms with van der Waals surface area (Å²) >= 11 is 1.77. The number of aromatic nitrogens is 1. The number of hydrogen-bond acceptors (Lipinski definition) is 4. The lowest BCUT2D eigenvalue weighted by Gasteiger charge is -2.22. The number of aliphatic imine (C=N–C) groups is 1. The Hall–Kier alpha value is -0.900. The van der Waals surface area contributed by atoms with E-state index in [0.29, 0.717) is 19.0 Å². The normalized spacial score (nSPS) is 15.2. The molecule has 8 heteroatoms. The molecule has 1 saturated carbocycles. The van der Waals surface area contributed by atoms with Crippen molar-refractivity contribution in [2.24, 2.45) is 4.99 Å². The molecule has 1 amide bonds. The maximum absolute atomic E-state index is 12.0. The van der Waals surface area contributed by atoms with Crippen LogP contribution in [-0.4, -0.2) is 43.0 Å². The highest BCUT2D eigenvalue weighted by Gasteiger charge is 2.15. The molecule has 1 aliphatic rings. The lowest BCUT2D eigenvalue weighted by molar-refractivity contribution is -0.121. The van der Waals surface area contributed by atoms with Crippen LogP contribution in [0.3, 0.4) is 0 Å². The molecule has 0 bridgehead atoms. The predicted octanol–water partition coefficient (Wildman–Crippen LogP) is 2.87. The molecule has 26 heavy (non-hydrogen) atoms. The summed E-state index contributed by atoms with van der Waals surface area (Å²) < 4.78 is 0. The van der Waals surface area contributed by atoms with E-state index in [9.17, 15) is 4.79 Å². The smallest absolute Gasteiger partial charge is 0.221 e. The van der Waals surface area contributed by atoms with Crippen molar-refractivity contribution in [3.8, 4) is 0 Å². The van der Waals surface area contributed by atoms with Crippen LogP contribution in [0.2, 0.25) is 0 Å². The van der Waals surface area contributed by atoms with Crippen molar-refractivity contribution in [3.05, 3.63) is 16.1 Å². The summed E-state index contributed by atoms with van der Waals surface area (Å²) in [5.41, 5.74) is 0. The minimum absolute atomic E-state index is 0. The first-order valence-electron chi connectivity index (χ1n) is 9.38. The number of carbonyl (C=O) groups is 1. The van der Waals surface area contributed by atoms with Gasteiger partial charge in [-0.2, -0.15) is 0 Å². The van der Waals surface area contributed by atoms with Crippen molar-refractivity contribution in [1.29, 1.82) is 0 Å². The van der Waals surface area contributed by atoms with Crippen molar-refractivity contribution in [1.82, 2.24) is 20.9 Å². The van der Waals surface area contributed by atoms with E-state index in [4.69, 9.17) is 0 Å². The molecule has 6 nitrogen and oxygen atoms in total. The second-order valence-corrected chi connectivity index (χ2v) is 7.60. The van der Waals surface area contributed by atoms with Gasteiger partial charge in [0.05, 0.1) is 5.01 Å². The van der Waals surface area contributed by atoms with Gasteiger partial charge in [0.1, 0.15) is 0 Å². The molecule has 0 aliphatic heterocycles. The molecule has 1 aromatic rings. The molecule has 0 saturated heterocycles. The maximum atomic E-state index is 12.0. The monoisotopic (exact) mass is 493 g/mol. The van der Waals surface area contributed by atoms with Crippen molar-refractivity contribution < 1.29 is 4.79 Å². The summed E-state index contributed by atoms with van der Waals surface area (Å²) in [5, 5.41) is 10.8. The number of amides is 1. The molecule has 1 heterocycles. The molecular formula is C18H32IN5OS. The van der Waals surface area contributed by atoms with Gasteiger partial charge < -0.3 is 16.0 Å². The Bertz CT molecular complexity index is 558. The van der Waals surface area contributed by atoms with Crippen LogP contribution in [0.5, 0.6) is 0 Å². The molecule has 148 valence electrons. The number of nitrogens with zero attached hydrogens (tertiary/aromatic N) is 2. The molecular weight excluding hydrogens is 461 g/mol. The zero-order valence-corrected chi connectivity index (χ0v) is 19.0. The Kier molecular flexibility index (Phi) is 11.8. The first-order valence-corrected chi connectivity index (χ1v) is 10.2. The molecule has 0 unspecified atom stereocenters. The largest absolute Gasteiger partial charge is 0.356 e. The topological polar surface area (TPSA) is 78.4 Å². The summed E-state index contributed by atoms with van der Waals surface area (Å²) in [6, 6.07) is 0.380. The van der Waals surface area contributed by atoms with Gasteiger partial charge in [-0.3, -0.25) is 9.79 Å².